The van der Waals surface area contributed by atoms with Crippen molar-refractivity contribution < 1.29 is 13.2 Å². The molecule has 0 saturated carbocycles. The van der Waals surface area contributed by atoms with E-state index in [9.17, 15) is 13.2 Å². The first kappa shape index (κ1) is 15.2. The highest BCUT2D eigenvalue weighted by molar-refractivity contribution is 9.08. The third-order valence-corrected chi connectivity index (χ3v) is 4.07. The van der Waals surface area contributed by atoms with Crippen molar-refractivity contribution in [2.75, 3.05) is 25.6 Å². The SMILES string of the molecule is CN(CCS(C)(=O)=O)C(=O)c1ccc(CBr)cc1. The summed E-state index contributed by atoms with van der Waals surface area (Å²) in [5, 5.41) is 0.741. The Morgan fingerprint density at radius 2 is 1.83 bits per heavy atom. The van der Waals surface area contributed by atoms with E-state index in [0.29, 0.717) is 5.56 Å². The van der Waals surface area contributed by atoms with Crippen LogP contribution in [0.1, 0.15) is 15.9 Å². The summed E-state index contributed by atoms with van der Waals surface area (Å²) in [6.07, 6.45) is 1.16. The maximum atomic E-state index is 12.0. The van der Waals surface area contributed by atoms with Crippen LogP contribution < -0.4 is 0 Å². The molecule has 1 aromatic rings. The number of carbonyl (C=O) groups excluding carboxylic acids is 1. The van der Waals surface area contributed by atoms with E-state index in [0.717, 1.165) is 17.1 Å². The number of benzene rings is 1. The van der Waals surface area contributed by atoms with Crippen LogP contribution in [0.25, 0.3) is 0 Å². The van der Waals surface area contributed by atoms with Crippen LogP contribution in [0.4, 0.5) is 0 Å². The summed E-state index contributed by atoms with van der Waals surface area (Å²) in [5.41, 5.74) is 1.65. The maximum Gasteiger partial charge on any atom is 0.253 e. The predicted octanol–water partition coefficient (Wildman–Crippen LogP) is 1.70. The van der Waals surface area contributed by atoms with Crippen molar-refractivity contribution in [3.63, 3.8) is 0 Å². The Hall–Kier alpha value is -0.880. The minimum Gasteiger partial charge on any atom is -0.341 e. The van der Waals surface area contributed by atoms with E-state index in [1.165, 1.54) is 4.90 Å². The van der Waals surface area contributed by atoms with Crippen LogP contribution in [0.2, 0.25) is 0 Å². The second-order valence-electron chi connectivity index (χ2n) is 4.19. The van der Waals surface area contributed by atoms with Gasteiger partial charge in [-0.3, -0.25) is 4.79 Å². The first-order valence-corrected chi connectivity index (χ1v) is 8.60. The summed E-state index contributed by atoms with van der Waals surface area (Å²) < 4.78 is 22.1. The Balaban J connectivity index is 2.68. The number of halogens is 1. The summed E-state index contributed by atoms with van der Waals surface area (Å²) >= 11 is 3.33. The molecule has 0 bridgehead atoms. The van der Waals surface area contributed by atoms with Crippen molar-refractivity contribution in [2.45, 2.75) is 5.33 Å². The van der Waals surface area contributed by atoms with Crippen LogP contribution in [0, 0.1) is 0 Å². The molecule has 1 aromatic carbocycles. The number of rotatable bonds is 5. The molecule has 0 atom stereocenters. The molecule has 0 aliphatic carbocycles. The Morgan fingerprint density at radius 1 is 1.28 bits per heavy atom. The third kappa shape index (κ3) is 4.78. The summed E-state index contributed by atoms with van der Waals surface area (Å²) in [7, 11) is -1.44. The van der Waals surface area contributed by atoms with Gasteiger partial charge in [-0.2, -0.15) is 0 Å². The molecule has 0 spiro atoms. The first-order chi connectivity index (χ1) is 8.33. The lowest BCUT2D eigenvalue weighted by Gasteiger charge is -2.16. The average Bonchev–Trinajstić information content (AvgIpc) is 2.34. The fraction of sp³-hybridized carbons (Fsp3) is 0.417. The number of nitrogens with zero attached hydrogens (tertiary/aromatic N) is 1. The zero-order valence-corrected chi connectivity index (χ0v) is 12.8. The molecule has 0 aromatic heterocycles. The first-order valence-electron chi connectivity index (χ1n) is 5.41. The number of carbonyl (C=O) groups is 1. The van der Waals surface area contributed by atoms with Crippen LogP contribution >= 0.6 is 15.9 Å². The highest BCUT2D eigenvalue weighted by atomic mass is 79.9. The summed E-state index contributed by atoms with van der Waals surface area (Å²) in [5.74, 6) is -0.186. The van der Waals surface area contributed by atoms with E-state index in [4.69, 9.17) is 0 Å². The molecule has 0 saturated heterocycles. The van der Waals surface area contributed by atoms with Crippen molar-refractivity contribution in [3.8, 4) is 0 Å². The Bertz CT molecular complexity index is 511. The molecule has 0 aliphatic heterocycles. The Labute approximate surface area is 116 Å². The number of sulfone groups is 1. The van der Waals surface area contributed by atoms with Gasteiger partial charge in [-0.05, 0) is 17.7 Å². The lowest BCUT2D eigenvalue weighted by atomic mass is 10.1. The Kier molecular flexibility index (Phi) is 5.34. The molecule has 1 amide bonds. The second kappa shape index (κ2) is 6.33. The smallest absolute Gasteiger partial charge is 0.253 e. The van der Waals surface area contributed by atoms with E-state index in [2.05, 4.69) is 15.9 Å². The molecule has 0 aliphatic rings. The van der Waals surface area contributed by atoms with Gasteiger partial charge in [0.2, 0.25) is 0 Å². The van der Waals surface area contributed by atoms with Crippen LogP contribution in [0.15, 0.2) is 24.3 Å². The Morgan fingerprint density at radius 3 is 2.28 bits per heavy atom. The van der Waals surface area contributed by atoms with Crippen molar-refractivity contribution in [3.05, 3.63) is 35.4 Å². The molecule has 4 nitrogen and oxygen atoms in total. The van der Waals surface area contributed by atoms with Gasteiger partial charge < -0.3 is 4.90 Å². The number of amides is 1. The van der Waals surface area contributed by atoms with Crippen molar-refractivity contribution in [1.82, 2.24) is 4.90 Å². The molecule has 0 unspecified atom stereocenters. The minimum absolute atomic E-state index is 0.0191. The quantitative estimate of drug-likeness (QED) is 0.770. The van der Waals surface area contributed by atoms with E-state index in [1.807, 2.05) is 12.1 Å². The molecular formula is C12H16BrNO3S. The molecule has 0 fully saturated rings. The molecule has 0 radical (unpaired) electrons. The van der Waals surface area contributed by atoms with Crippen LogP contribution in [-0.2, 0) is 15.2 Å². The molecule has 0 heterocycles. The molecule has 6 heteroatoms. The monoisotopic (exact) mass is 333 g/mol. The predicted molar refractivity (Wildman–Crippen MR) is 75.7 cm³/mol. The van der Waals surface area contributed by atoms with Gasteiger partial charge in [0.05, 0.1) is 5.75 Å². The van der Waals surface area contributed by atoms with Crippen LogP contribution in [0.3, 0.4) is 0 Å². The van der Waals surface area contributed by atoms with Crippen LogP contribution in [0.5, 0.6) is 0 Å². The van der Waals surface area contributed by atoms with E-state index >= 15 is 0 Å². The normalized spacial score (nSPS) is 11.3. The lowest BCUT2D eigenvalue weighted by Crippen LogP contribution is -2.31. The topological polar surface area (TPSA) is 54.5 Å². The lowest BCUT2D eigenvalue weighted by molar-refractivity contribution is 0.0803. The number of hydrogen-bond donors (Lipinski definition) is 0. The molecule has 1 rings (SSSR count). The van der Waals surface area contributed by atoms with Gasteiger partial charge in [-0.1, -0.05) is 28.1 Å². The summed E-state index contributed by atoms with van der Waals surface area (Å²) in [6.45, 7) is 0.206. The van der Waals surface area contributed by atoms with E-state index in [-0.39, 0.29) is 18.2 Å². The average molecular weight is 334 g/mol. The summed E-state index contributed by atoms with van der Waals surface area (Å²) in [6, 6.07) is 7.23. The molecular weight excluding hydrogens is 318 g/mol. The fourth-order valence-electron chi connectivity index (χ4n) is 1.36. The largest absolute Gasteiger partial charge is 0.341 e. The second-order valence-corrected chi connectivity index (χ2v) is 7.01. The zero-order chi connectivity index (χ0) is 13.8. The minimum atomic E-state index is -3.05. The number of hydrogen-bond acceptors (Lipinski definition) is 3. The van der Waals surface area contributed by atoms with Crippen molar-refractivity contribution >= 4 is 31.7 Å². The fourth-order valence-corrected chi connectivity index (χ4v) is 2.34. The van der Waals surface area contributed by atoms with Gasteiger partial charge in [0.15, 0.2) is 0 Å². The van der Waals surface area contributed by atoms with Gasteiger partial charge in [-0.25, -0.2) is 8.42 Å². The van der Waals surface area contributed by atoms with Gasteiger partial charge >= 0.3 is 0 Å². The highest BCUT2D eigenvalue weighted by Crippen LogP contribution is 2.09. The molecule has 100 valence electrons. The highest BCUT2D eigenvalue weighted by Gasteiger charge is 2.13. The standard InChI is InChI=1S/C12H16BrNO3S/c1-14(7-8-18(2,16)17)12(15)11-5-3-10(9-13)4-6-11/h3-6H,7-9H2,1-2H3. The van der Waals surface area contributed by atoms with Crippen molar-refractivity contribution in [1.29, 1.82) is 0 Å². The van der Waals surface area contributed by atoms with Gasteiger partial charge in [-0.15, -0.1) is 0 Å². The van der Waals surface area contributed by atoms with Crippen LogP contribution in [-0.4, -0.2) is 44.8 Å². The molecule has 18 heavy (non-hydrogen) atoms. The van der Waals surface area contributed by atoms with Gasteiger partial charge in [0.25, 0.3) is 5.91 Å². The zero-order valence-electron chi connectivity index (χ0n) is 10.4. The molecule has 0 N–H and O–H groups in total. The van der Waals surface area contributed by atoms with Crippen molar-refractivity contribution in [2.24, 2.45) is 0 Å². The maximum absolute atomic E-state index is 12.0. The van der Waals surface area contributed by atoms with E-state index in [1.54, 1.807) is 19.2 Å². The van der Waals surface area contributed by atoms with E-state index < -0.39 is 9.84 Å². The van der Waals surface area contributed by atoms with Gasteiger partial charge in [0.1, 0.15) is 9.84 Å². The summed E-state index contributed by atoms with van der Waals surface area (Å²) in [4.78, 5) is 13.4. The third-order valence-electron chi connectivity index (χ3n) is 2.50. The number of alkyl halides is 1. The van der Waals surface area contributed by atoms with Gasteiger partial charge in [0, 0.05) is 30.7 Å².